The van der Waals surface area contributed by atoms with Gasteiger partial charge in [0.1, 0.15) is 0 Å². The average Bonchev–Trinajstić information content (AvgIpc) is 3.16. The molecule has 1 heterocycles. The third-order valence-corrected chi connectivity index (χ3v) is 4.30. The lowest BCUT2D eigenvalue weighted by Crippen LogP contribution is -2.19. The van der Waals surface area contributed by atoms with Gasteiger partial charge in [-0.3, -0.25) is 0 Å². The molecule has 4 nitrogen and oxygen atoms in total. The molecule has 0 saturated heterocycles. The topological polar surface area (TPSA) is 51.0 Å². The van der Waals surface area contributed by atoms with Gasteiger partial charge in [0, 0.05) is 28.9 Å². The maximum Gasteiger partial charge on any atom is 0.227 e. The molecule has 0 unspecified atom stereocenters. The van der Waals surface area contributed by atoms with Gasteiger partial charge in [0.05, 0.1) is 5.75 Å². The Morgan fingerprint density at radius 2 is 2.10 bits per heavy atom. The summed E-state index contributed by atoms with van der Waals surface area (Å²) in [6, 6.07) is 8.48. The summed E-state index contributed by atoms with van der Waals surface area (Å²) in [6.07, 6.45) is 3.40. The van der Waals surface area contributed by atoms with Crippen molar-refractivity contribution in [3.05, 3.63) is 41.0 Å². The summed E-state index contributed by atoms with van der Waals surface area (Å²) in [5.74, 6) is 2.16. The highest BCUT2D eigenvalue weighted by molar-refractivity contribution is 7.98. The van der Waals surface area contributed by atoms with Gasteiger partial charge in [0.25, 0.3) is 0 Å². The van der Waals surface area contributed by atoms with Gasteiger partial charge >= 0.3 is 0 Å². The summed E-state index contributed by atoms with van der Waals surface area (Å²) in [4.78, 5) is 5.54. The Labute approximate surface area is 127 Å². The van der Waals surface area contributed by atoms with Crippen molar-refractivity contribution >= 4 is 23.4 Å². The van der Waals surface area contributed by atoms with Crippen LogP contribution in [0.4, 0.5) is 0 Å². The molecule has 1 aliphatic carbocycles. The maximum absolute atomic E-state index is 5.85. The summed E-state index contributed by atoms with van der Waals surface area (Å²) < 4.78 is 5.24. The molecule has 6 heteroatoms. The van der Waals surface area contributed by atoms with Crippen LogP contribution in [0.2, 0.25) is 5.02 Å². The normalized spacial score (nSPS) is 14.7. The highest BCUT2D eigenvalue weighted by Crippen LogP contribution is 2.23. The monoisotopic (exact) mass is 309 g/mol. The minimum Gasteiger partial charge on any atom is -0.339 e. The van der Waals surface area contributed by atoms with E-state index in [9.17, 15) is 0 Å². The largest absolute Gasteiger partial charge is 0.339 e. The van der Waals surface area contributed by atoms with Gasteiger partial charge in [-0.1, -0.05) is 16.8 Å². The molecule has 106 valence electrons. The first-order chi connectivity index (χ1) is 9.79. The molecule has 0 aliphatic heterocycles. The first-order valence-corrected chi connectivity index (χ1v) is 8.09. The standard InChI is InChI=1S/C14H16ClN3OS/c15-10-1-5-12(6-2-10)20-9-13-17-14(19-18-13)7-8-16-11-3-4-11/h1-2,5-6,11,16H,3-4,7-9H2. The number of nitrogens with one attached hydrogen (secondary N) is 1. The second kappa shape index (κ2) is 6.61. The van der Waals surface area contributed by atoms with Crippen molar-refractivity contribution in [2.24, 2.45) is 0 Å². The Hall–Kier alpha value is -1.04. The molecule has 1 saturated carbocycles. The second-order valence-corrected chi connectivity index (χ2v) is 6.31. The number of hydrogen-bond donors (Lipinski definition) is 1. The van der Waals surface area contributed by atoms with E-state index in [0.29, 0.717) is 11.6 Å². The zero-order valence-corrected chi connectivity index (χ0v) is 12.6. The highest BCUT2D eigenvalue weighted by atomic mass is 35.5. The van der Waals surface area contributed by atoms with Crippen LogP contribution in [0.25, 0.3) is 0 Å². The van der Waals surface area contributed by atoms with Crippen LogP contribution in [0.5, 0.6) is 0 Å². The Kier molecular flexibility index (Phi) is 4.60. The molecule has 0 radical (unpaired) electrons. The molecule has 1 aromatic carbocycles. The number of nitrogens with zero attached hydrogens (tertiary/aromatic N) is 2. The molecule has 0 amide bonds. The maximum atomic E-state index is 5.85. The van der Waals surface area contributed by atoms with Gasteiger partial charge in [0.15, 0.2) is 5.82 Å². The van der Waals surface area contributed by atoms with Gasteiger partial charge in [-0.15, -0.1) is 11.8 Å². The predicted molar refractivity (Wildman–Crippen MR) is 80.0 cm³/mol. The summed E-state index contributed by atoms with van der Waals surface area (Å²) in [6.45, 7) is 0.913. The van der Waals surface area contributed by atoms with E-state index in [2.05, 4.69) is 15.5 Å². The summed E-state index contributed by atoms with van der Waals surface area (Å²) in [5.41, 5.74) is 0. The zero-order valence-electron chi connectivity index (χ0n) is 11.0. The predicted octanol–water partition coefficient (Wildman–Crippen LogP) is 3.31. The Balaban J connectivity index is 1.45. The SMILES string of the molecule is Clc1ccc(SCc2noc(CCNC3CC3)n2)cc1. The number of rotatable bonds is 7. The average molecular weight is 310 g/mol. The van der Waals surface area contributed by atoms with Crippen LogP contribution in [0.15, 0.2) is 33.7 Å². The first kappa shape index (κ1) is 13.9. The van der Waals surface area contributed by atoms with E-state index >= 15 is 0 Å². The number of hydrogen-bond acceptors (Lipinski definition) is 5. The zero-order chi connectivity index (χ0) is 13.8. The van der Waals surface area contributed by atoms with E-state index in [0.717, 1.165) is 34.7 Å². The molecular weight excluding hydrogens is 294 g/mol. The third kappa shape index (κ3) is 4.23. The minimum absolute atomic E-state index is 0.710. The Bertz CT molecular complexity index is 554. The lowest BCUT2D eigenvalue weighted by Gasteiger charge is -1.98. The number of aromatic nitrogens is 2. The Morgan fingerprint density at radius 1 is 1.30 bits per heavy atom. The van der Waals surface area contributed by atoms with Crippen molar-refractivity contribution in [2.45, 2.75) is 36.0 Å². The number of thioether (sulfide) groups is 1. The molecule has 0 atom stereocenters. The van der Waals surface area contributed by atoms with Crippen LogP contribution in [0.3, 0.4) is 0 Å². The van der Waals surface area contributed by atoms with E-state index < -0.39 is 0 Å². The lowest BCUT2D eigenvalue weighted by atomic mass is 10.4. The third-order valence-electron chi connectivity index (χ3n) is 3.04. The molecular formula is C14H16ClN3OS. The van der Waals surface area contributed by atoms with E-state index in [1.807, 2.05) is 24.3 Å². The molecule has 1 N–H and O–H groups in total. The van der Waals surface area contributed by atoms with E-state index in [1.165, 1.54) is 12.8 Å². The van der Waals surface area contributed by atoms with Crippen LogP contribution >= 0.6 is 23.4 Å². The molecule has 0 bridgehead atoms. The molecule has 20 heavy (non-hydrogen) atoms. The summed E-state index contributed by atoms with van der Waals surface area (Å²) in [5, 5.41) is 8.18. The van der Waals surface area contributed by atoms with Gasteiger partial charge in [-0.25, -0.2) is 0 Å². The minimum atomic E-state index is 0.710. The second-order valence-electron chi connectivity index (χ2n) is 4.83. The van der Waals surface area contributed by atoms with E-state index in [-0.39, 0.29) is 0 Å². The van der Waals surface area contributed by atoms with Crippen molar-refractivity contribution in [1.82, 2.24) is 15.5 Å². The summed E-state index contributed by atoms with van der Waals surface area (Å²) in [7, 11) is 0. The van der Waals surface area contributed by atoms with Crippen LogP contribution in [0, 0.1) is 0 Å². The molecule has 1 aromatic heterocycles. The number of halogens is 1. The fourth-order valence-electron chi connectivity index (χ4n) is 1.80. The van der Waals surface area contributed by atoms with Crippen molar-refractivity contribution in [3.8, 4) is 0 Å². The van der Waals surface area contributed by atoms with Crippen LogP contribution in [-0.2, 0) is 12.2 Å². The molecule has 3 rings (SSSR count). The van der Waals surface area contributed by atoms with Gasteiger partial charge in [-0.2, -0.15) is 4.98 Å². The summed E-state index contributed by atoms with van der Waals surface area (Å²) >= 11 is 7.53. The molecule has 0 spiro atoms. The van der Waals surface area contributed by atoms with Gasteiger partial charge < -0.3 is 9.84 Å². The molecule has 1 aliphatic rings. The van der Waals surface area contributed by atoms with Crippen molar-refractivity contribution in [1.29, 1.82) is 0 Å². The quantitative estimate of drug-likeness (QED) is 0.795. The van der Waals surface area contributed by atoms with Gasteiger partial charge in [-0.05, 0) is 37.1 Å². The van der Waals surface area contributed by atoms with E-state index in [1.54, 1.807) is 11.8 Å². The highest BCUT2D eigenvalue weighted by Gasteiger charge is 2.20. The smallest absolute Gasteiger partial charge is 0.227 e. The first-order valence-electron chi connectivity index (χ1n) is 6.73. The van der Waals surface area contributed by atoms with Crippen molar-refractivity contribution in [2.75, 3.05) is 6.54 Å². The lowest BCUT2D eigenvalue weighted by molar-refractivity contribution is 0.372. The van der Waals surface area contributed by atoms with Crippen LogP contribution < -0.4 is 5.32 Å². The van der Waals surface area contributed by atoms with Crippen molar-refractivity contribution in [3.63, 3.8) is 0 Å². The number of benzene rings is 1. The van der Waals surface area contributed by atoms with E-state index in [4.69, 9.17) is 16.1 Å². The molecule has 1 fully saturated rings. The Morgan fingerprint density at radius 3 is 2.85 bits per heavy atom. The van der Waals surface area contributed by atoms with Crippen LogP contribution in [0.1, 0.15) is 24.6 Å². The fourth-order valence-corrected chi connectivity index (χ4v) is 2.67. The van der Waals surface area contributed by atoms with Crippen molar-refractivity contribution < 1.29 is 4.52 Å². The fraction of sp³-hybridized carbons (Fsp3) is 0.429. The van der Waals surface area contributed by atoms with Gasteiger partial charge in [0.2, 0.25) is 5.89 Å². The van der Waals surface area contributed by atoms with Crippen LogP contribution in [-0.4, -0.2) is 22.7 Å². The molecule has 2 aromatic rings.